The van der Waals surface area contributed by atoms with Crippen LogP contribution >= 0.6 is 0 Å². The monoisotopic (exact) mass is 274 g/mol. The van der Waals surface area contributed by atoms with Gasteiger partial charge in [-0.05, 0) is 12.1 Å². The molecule has 1 fully saturated rings. The largest absolute Gasteiger partial charge is 0.373 e. The number of nitrogens with two attached hydrogens (primary N) is 1. The Balaban J connectivity index is 2.19. The van der Waals surface area contributed by atoms with Crippen molar-refractivity contribution < 1.29 is 22.7 Å². The first-order valence-electron chi connectivity index (χ1n) is 5.78. The number of carbonyl (C=O) groups is 1. The summed E-state index contributed by atoms with van der Waals surface area (Å²) in [5, 5.41) is 0. The van der Waals surface area contributed by atoms with Gasteiger partial charge in [0.15, 0.2) is 17.5 Å². The van der Waals surface area contributed by atoms with Crippen molar-refractivity contribution in [2.75, 3.05) is 26.2 Å². The minimum absolute atomic E-state index is 0.228. The Morgan fingerprint density at radius 2 is 2.00 bits per heavy atom. The van der Waals surface area contributed by atoms with Crippen LogP contribution < -0.4 is 5.73 Å². The molecule has 1 aliphatic heterocycles. The molecule has 1 aliphatic rings. The van der Waals surface area contributed by atoms with Gasteiger partial charge < -0.3 is 15.4 Å². The summed E-state index contributed by atoms with van der Waals surface area (Å²) in [5.74, 6) is -4.92. The molecular weight excluding hydrogens is 261 g/mol. The number of morpholine rings is 1. The highest BCUT2D eigenvalue weighted by Gasteiger charge is 2.25. The second-order valence-corrected chi connectivity index (χ2v) is 4.23. The number of hydrogen-bond acceptors (Lipinski definition) is 3. The summed E-state index contributed by atoms with van der Waals surface area (Å²) < 4.78 is 44.3. The molecule has 1 amide bonds. The first-order valence-corrected chi connectivity index (χ1v) is 5.78. The Morgan fingerprint density at radius 3 is 2.58 bits per heavy atom. The van der Waals surface area contributed by atoms with E-state index in [1.807, 2.05) is 0 Å². The van der Waals surface area contributed by atoms with Gasteiger partial charge in [-0.3, -0.25) is 4.79 Å². The zero-order chi connectivity index (χ0) is 14.0. The van der Waals surface area contributed by atoms with Crippen LogP contribution in [0.2, 0.25) is 0 Å². The number of nitrogens with zero attached hydrogens (tertiary/aromatic N) is 1. The average molecular weight is 274 g/mol. The highest BCUT2D eigenvalue weighted by Crippen LogP contribution is 2.16. The Hall–Kier alpha value is -1.60. The summed E-state index contributed by atoms with van der Waals surface area (Å²) in [4.78, 5) is 13.4. The second kappa shape index (κ2) is 5.58. The number of hydrogen-bond donors (Lipinski definition) is 1. The SMILES string of the molecule is NC[C@H]1CN(C(=O)c2cc(F)c(F)c(F)c2)CCO1. The molecule has 0 radical (unpaired) electrons. The van der Waals surface area contributed by atoms with E-state index >= 15 is 0 Å². The maximum Gasteiger partial charge on any atom is 0.254 e. The molecular formula is C12H13F3N2O2. The molecule has 0 spiro atoms. The lowest BCUT2D eigenvalue weighted by Crippen LogP contribution is -2.48. The molecule has 1 aromatic rings. The smallest absolute Gasteiger partial charge is 0.254 e. The third-order valence-electron chi connectivity index (χ3n) is 2.92. The molecule has 7 heteroatoms. The van der Waals surface area contributed by atoms with Gasteiger partial charge in [-0.25, -0.2) is 13.2 Å². The van der Waals surface area contributed by atoms with Crippen molar-refractivity contribution in [2.45, 2.75) is 6.10 Å². The number of halogens is 3. The summed E-state index contributed by atoms with van der Waals surface area (Å²) in [7, 11) is 0. The van der Waals surface area contributed by atoms with Crippen molar-refractivity contribution >= 4 is 5.91 Å². The lowest BCUT2D eigenvalue weighted by molar-refractivity contribution is -0.0167. The van der Waals surface area contributed by atoms with E-state index in [-0.39, 0.29) is 24.8 Å². The van der Waals surface area contributed by atoms with E-state index in [1.165, 1.54) is 4.90 Å². The molecule has 0 aromatic heterocycles. The quantitative estimate of drug-likeness (QED) is 0.815. The van der Waals surface area contributed by atoms with Crippen LogP contribution in [0.4, 0.5) is 13.2 Å². The van der Waals surface area contributed by atoms with Crippen LogP contribution in [0.3, 0.4) is 0 Å². The van der Waals surface area contributed by atoms with Crippen LogP contribution in [-0.4, -0.2) is 43.2 Å². The lowest BCUT2D eigenvalue weighted by atomic mass is 10.1. The molecule has 0 saturated carbocycles. The van der Waals surface area contributed by atoms with Gasteiger partial charge in [0.05, 0.1) is 12.7 Å². The van der Waals surface area contributed by atoms with E-state index in [0.717, 1.165) is 0 Å². The second-order valence-electron chi connectivity index (χ2n) is 4.23. The molecule has 2 N–H and O–H groups in total. The Bertz CT molecular complexity index is 473. The topological polar surface area (TPSA) is 55.6 Å². The van der Waals surface area contributed by atoms with E-state index in [2.05, 4.69) is 0 Å². The van der Waals surface area contributed by atoms with Gasteiger partial charge >= 0.3 is 0 Å². The average Bonchev–Trinajstić information content (AvgIpc) is 2.43. The van der Waals surface area contributed by atoms with Crippen molar-refractivity contribution in [2.24, 2.45) is 5.73 Å². The number of carbonyl (C=O) groups excluding carboxylic acids is 1. The molecule has 0 unspecified atom stereocenters. The Labute approximate surface area is 107 Å². The number of benzene rings is 1. The minimum Gasteiger partial charge on any atom is -0.373 e. The summed E-state index contributed by atoms with van der Waals surface area (Å²) in [6.45, 7) is 1.10. The first kappa shape index (κ1) is 13.8. The fourth-order valence-corrected chi connectivity index (χ4v) is 1.91. The van der Waals surface area contributed by atoms with E-state index in [1.54, 1.807) is 0 Å². The summed E-state index contributed by atoms with van der Waals surface area (Å²) >= 11 is 0. The molecule has 19 heavy (non-hydrogen) atoms. The van der Waals surface area contributed by atoms with Crippen LogP contribution in [0.5, 0.6) is 0 Å². The van der Waals surface area contributed by atoms with Crippen molar-refractivity contribution in [3.63, 3.8) is 0 Å². The van der Waals surface area contributed by atoms with Gasteiger partial charge in [-0.1, -0.05) is 0 Å². The summed E-state index contributed by atoms with van der Waals surface area (Å²) in [6, 6.07) is 1.38. The minimum atomic E-state index is -1.58. The Morgan fingerprint density at radius 1 is 1.37 bits per heavy atom. The molecule has 1 saturated heterocycles. The molecule has 0 bridgehead atoms. The molecule has 4 nitrogen and oxygen atoms in total. The van der Waals surface area contributed by atoms with Crippen molar-refractivity contribution in [3.8, 4) is 0 Å². The van der Waals surface area contributed by atoms with Crippen molar-refractivity contribution in [1.29, 1.82) is 0 Å². The van der Waals surface area contributed by atoms with Crippen molar-refractivity contribution in [1.82, 2.24) is 4.90 Å². The van der Waals surface area contributed by atoms with Crippen LogP contribution in [-0.2, 0) is 4.74 Å². The third-order valence-corrected chi connectivity index (χ3v) is 2.92. The van der Waals surface area contributed by atoms with Gasteiger partial charge in [0.25, 0.3) is 5.91 Å². The zero-order valence-electron chi connectivity index (χ0n) is 10.0. The first-order chi connectivity index (χ1) is 9.02. The molecule has 104 valence electrons. The van der Waals surface area contributed by atoms with Crippen LogP contribution in [0, 0.1) is 17.5 Å². The van der Waals surface area contributed by atoms with Gasteiger partial charge in [-0.2, -0.15) is 0 Å². The highest BCUT2D eigenvalue weighted by atomic mass is 19.2. The van der Waals surface area contributed by atoms with Gasteiger partial charge in [0.1, 0.15) is 0 Å². The zero-order valence-corrected chi connectivity index (χ0v) is 10.0. The van der Waals surface area contributed by atoms with E-state index in [4.69, 9.17) is 10.5 Å². The fraction of sp³-hybridized carbons (Fsp3) is 0.417. The molecule has 1 atom stereocenters. The van der Waals surface area contributed by atoms with E-state index < -0.39 is 23.4 Å². The fourth-order valence-electron chi connectivity index (χ4n) is 1.91. The van der Waals surface area contributed by atoms with E-state index in [9.17, 15) is 18.0 Å². The standard InChI is InChI=1S/C12H13F3N2O2/c13-9-3-7(4-10(14)11(9)15)12(18)17-1-2-19-8(5-16)6-17/h3-4,8H,1-2,5-6,16H2/t8-/m0/s1. The summed E-state index contributed by atoms with van der Waals surface area (Å²) in [6.07, 6.45) is -0.298. The highest BCUT2D eigenvalue weighted by molar-refractivity contribution is 5.94. The lowest BCUT2D eigenvalue weighted by Gasteiger charge is -2.32. The third kappa shape index (κ3) is 2.87. The molecule has 1 heterocycles. The Kier molecular flexibility index (Phi) is 4.06. The van der Waals surface area contributed by atoms with Crippen LogP contribution in [0.15, 0.2) is 12.1 Å². The van der Waals surface area contributed by atoms with Crippen LogP contribution in [0.1, 0.15) is 10.4 Å². The molecule has 2 rings (SSSR count). The molecule has 0 aliphatic carbocycles. The van der Waals surface area contributed by atoms with Gasteiger partial charge in [0, 0.05) is 25.2 Å². The normalized spacial score (nSPS) is 19.6. The predicted molar refractivity (Wildman–Crippen MR) is 61.0 cm³/mol. The number of ether oxygens (including phenoxy) is 1. The van der Waals surface area contributed by atoms with Gasteiger partial charge in [0.2, 0.25) is 0 Å². The van der Waals surface area contributed by atoms with Crippen molar-refractivity contribution in [3.05, 3.63) is 35.1 Å². The van der Waals surface area contributed by atoms with Gasteiger partial charge in [-0.15, -0.1) is 0 Å². The van der Waals surface area contributed by atoms with E-state index in [0.29, 0.717) is 25.3 Å². The maximum absolute atomic E-state index is 13.1. The maximum atomic E-state index is 13.1. The number of amides is 1. The number of rotatable bonds is 2. The predicted octanol–water partition coefficient (Wildman–Crippen LogP) is 0.904. The van der Waals surface area contributed by atoms with Crippen LogP contribution in [0.25, 0.3) is 0 Å². The molecule has 1 aromatic carbocycles. The summed E-state index contributed by atoms with van der Waals surface area (Å²) in [5.41, 5.74) is 5.21.